The molecule has 62 heavy (non-hydrogen) atoms. The van der Waals surface area contributed by atoms with Gasteiger partial charge in [-0.05, 0) is 108 Å². The standard InChI is InChI=1S/C44H51F3N8O7/c1-43(2,61)30-23-33-27(22-34(30)50-39(57)32-10-5-11-36(49-32)44(45,46)47)25-54(52-33)28-14-12-26(13-15-28)24-53(3)19-7-21-62-20-6-18-48-31-9-4-8-29-38(31)42(60)55(41(29)59)35-16-17-37(56)51-40(35)58/h4-5,8-11,22-23,25-26,28,35,48,61H,6-7,12-21,24H2,1-3H3,(H,50,57)(H,51,56,58). The summed E-state index contributed by atoms with van der Waals surface area (Å²) in [7, 11) is 2.11. The van der Waals surface area contributed by atoms with Gasteiger partial charge < -0.3 is 25.4 Å². The third kappa shape index (κ3) is 9.98. The Morgan fingerprint density at radius 2 is 1.71 bits per heavy atom. The lowest BCUT2D eigenvalue weighted by molar-refractivity contribution is -0.141. The number of carbonyl (C=O) groups excluding carboxylic acids is 5. The van der Waals surface area contributed by atoms with E-state index in [0.29, 0.717) is 48.9 Å². The van der Waals surface area contributed by atoms with E-state index >= 15 is 0 Å². The number of anilines is 2. The second-order valence-corrected chi connectivity index (χ2v) is 16.8. The fourth-order valence-electron chi connectivity index (χ4n) is 8.51. The fourth-order valence-corrected chi connectivity index (χ4v) is 8.51. The number of fused-ring (bicyclic) bond motifs is 2. The molecule has 2 aromatic heterocycles. The Hall–Kier alpha value is -5.72. The minimum absolute atomic E-state index is 0.0597. The molecule has 0 spiro atoms. The van der Waals surface area contributed by atoms with E-state index < -0.39 is 58.7 Å². The molecule has 330 valence electrons. The molecule has 1 saturated heterocycles. The summed E-state index contributed by atoms with van der Waals surface area (Å²) in [6.45, 7) is 6.59. The fraction of sp³-hybridized carbons (Fsp3) is 0.477. The number of carbonyl (C=O) groups is 5. The van der Waals surface area contributed by atoms with E-state index in [1.807, 2.05) is 10.9 Å². The molecule has 15 nitrogen and oxygen atoms in total. The van der Waals surface area contributed by atoms with Crippen LogP contribution < -0.4 is 16.0 Å². The number of amides is 5. The minimum Gasteiger partial charge on any atom is -0.386 e. The van der Waals surface area contributed by atoms with Crippen molar-refractivity contribution in [3.63, 3.8) is 0 Å². The van der Waals surface area contributed by atoms with Crippen LogP contribution in [0.1, 0.15) is 114 Å². The second kappa shape index (κ2) is 18.3. The van der Waals surface area contributed by atoms with Crippen LogP contribution in [-0.4, -0.2) is 105 Å². The molecule has 4 aromatic rings. The topological polar surface area (TPSA) is 188 Å². The van der Waals surface area contributed by atoms with Crippen molar-refractivity contribution < 1.29 is 47.0 Å². The number of pyridine rings is 1. The molecule has 4 heterocycles. The van der Waals surface area contributed by atoms with Gasteiger partial charge in [0.25, 0.3) is 17.7 Å². The number of aliphatic hydroxyl groups is 1. The lowest BCUT2D eigenvalue weighted by Crippen LogP contribution is -2.54. The molecule has 2 aliphatic heterocycles. The van der Waals surface area contributed by atoms with Gasteiger partial charge in [-0.15, -0.1) is 0 Å². The van der Waals surface area contributed by atoms with Crippen LogP contribution in [0, 0.1) is 5.92 Å². The molecular weight excluding hydrogens is 810 g/mol. The van der Waals surface area contributed by atoms with Crippen LogP contribution in [0.4, 0.5) is 24.5 Å². The molecule has 1 atom stereocenters. The van der Waals surface area contributed by atoms with Crippen LogP contribution in [-0.2, 0) is 26.1 Å². The van der Waals surface area contributed by atoms with E-state index in [4.69, 9.17) is 9.84 Å². The number of ether oxygens (including phenoxy) is 1. The van der Waals surface area contributed by atoms with Crippen LogP contribution in [0.5, 0.6) is 0 Å². The SMILES string of the molecule is CN(CCCOCCCNc1cccc2c1C(=O)N(C1CCC(=O)NC1=O)C2=O)CC1CCC(n2cc3cc(NC(=O)c4cccc(C(F)(F)F)n4)c(C(C)(C)O)cc3n2)CC1. The van der Waals surface area contributed by atoms with Crippen LogP contribution in [0.2, 0.25) is 0 Å². The Morgan fingerprint density at radius 3 is 2.44 bits per heavy atom. The summed E-state index contributed by atoms with van der Waals surface area (Å²) in [6.07, 6.45) is 2.81. The highest BCUT2D eigenvalue weighted by Gasteiger charge is 2.45. The Balaban J connectivity index is 0.825. The first-order valence-corrected chi connectivity index (χ1v) is 20.9. The van der Waals surface area contributed by atoms with Gasteiger partial charge >= 0.3 is 6.18 Å². The van der Waals surface area contributed by atoms with Crippen LogP contribution >= 0.6 is 0 Å². The predicted molar refractivity (Wildman–Crippen MR) is 222 cm³/mol. The summed E-state index contributed by atoms with van der Waals surface area (Å²) in [5, 5.41) is 24.6. The number of aromatic nitrogens is 3. The zero-order valence-electron chi connectivity index (χ0n) is 34.9. The molecule has 2 fully saturated rings. The molecule has 4 N–H and O–H groups in total. The maximum Gasteiger partial charge on any atom is 0.433 e. The third-order valence-electron chi connectivity index (χ3n) is 11.7. The molecule has 1 unspecified atom stereocenters. The van der Waals surface area contributed by atoms with Crippen molar-refractivity contribution >= 4 is 51.8 Å². The molecule has 0 radical (unpaired) electrons. The Kier molecular flexibility index (Phi) is 13.1. The normalized spacial score (nSPS) is 19.6. The van der Waals surface area contributed by atoms with Crippen molar-refractivity contribution in [3.8, 4) is 0 Å². The molecule has 3 aliphatic rings. The third-order valence-corrected chi connectivity index (χ3v) is 11.7. The van der Waals surface area contributed by atoms with Crippen molar-refractivity contribution in [2.24, 2.45) is 5.92 Å². The zero-order chi connectivity index (χ0) is 44.3. The van der Waals surface area contributed by atoms with E-state index in [2.05, 4.69) is 32.9 Å². The quantitative estimate of drug-likeness (QED) is 0.0776. The summed E-state index contributed by atoms with van der Waals surface area (Å²) in [5.74, 6) is -2.46. The van der Waals surface area contributed by atoms with Gasteiger partial charge in [-0.1, -0.05) is 12.1 Å². The maximum atomic E-state index is 13.3. The van der Waals surface area contributed by atoms with Crippen LogP contribution in [0.25, 0.3) is 10.9 Å². The summed E-state index contributed by atoms with van der Waals surface area (Å²) in [6, 6.07) is 10.7. The molecular formula is C44H51F3N8O7. The van der Waals surface area contributed by atoms with Gasteiger partial charge in [0.2, 0.25) is 11.8 Å². The first-order valence-electron chi connectivity index (χ1n) is 20.9. The second-order valence-electron chi connectivity index (χ2n) is 16.8. The van der Waals surface area contributed by atoms with E-state index in [0.717, 1.165) is 67.6 Å². The van der Waals surface area contributed by atoms with Gasteiger partial charge in [0.1, 0.15) is 17.4 Å². The number of nitrogens with zero attached hydrogens (tertiary/aromatic N) is 5. The number of hydrogen-bond donors (Lipinski definition) is 4. The van der Waals surface area contributed by atoms with Crippen LogP contribution in [0.3, 0.4) is 0 Å². The average Bonchev–Trinajstić information content (AvgIpc) is 3.75. The molecule has 5 amide bonds. The lowest BCUT2D eigenvalue weighted by Gasteiger charge is -2.31. The largest absolute Gasteiger partial charge is 0.433 e. The van der Waals surface area contributed by atoms with Crippen molar-refractivity contribution in [3.05, 3.63) is 82.8 Å². The smallest absolute Gasteiger partial charge is 0.386 e. The average molecular weight is 861 g/mol. The molecule has 7 rings (SSSR count). The molecule has 1 aliphatic carbocycles. The van der Waals surface area contributed by atoms with Crippen molar-refractivity contribution in [2.75, 3.05) is 50.5 Å². The lowest BCUT2D eigenvalue weighted by atomic mass is 9.86. The minimum atomic E-state index is -4.70. The summed E-state index contributed by atoms with van der Waals surface area (Å²) in [4.78, 5) is 70.2. The van der Waals surface area contributed by atoms with E-state index in [-0.39, 0.29) is 35.7 Å². The summed E-state index contributed by atoms with van der Waals surface area (Å²) < 4.78 is 47.5. The predicted octanol–water partition coefficient (Wildman–Crippen LogP) is 5.90. The molecule has 2 aromatic carbocycles. The monoisotopic (exact) mass is 860 g/mol. The summed E-state index contributed by atoms with van der Waals surface area (Å²) >= 11 is 0. The highest BCUT2D eigenvalue weighted by Crippen LogP contribution is 2.37. The van der Waals surface area contributed by atoms with Crippen molar-refractivity contribution in [1.82, 2.24) is 29.9 Å². The van der Waals surface area contributed by atoms with Gasteiger partial charge in [0.15, 0.2) is 0 Å². The number of benzene rings is 2. The Morgan fingerprint density at radius 1 is 0.968 bits per heavy atom. The highest BCUT2D eigenvalue weighted by atomic mass is 19.4. The number of hydrogen-bond acceptors (Lipinski definition) is 11. The number of alkyl halides is 3. The van der Waals surface area contributed by atoms with E-state index in [1.54, 1.807) is 44.2 Å². The number of rotatable bonds is 16. The maximum absolute atomic E-state index is 13.3. The first-order chi connectivity index (χ1) is 29.5. The number of halogens is 3. The number of imide groups is 2. The molecule has 18 heteroatoms. The van der Waals surface area contributed by atoms with Gasteiger partial charge in [0.05, 0.1) is 28.3 Å². The Bertz CT molecular complexity index is 2350. The van der Waals surface area contributed by atoms with Gasteiger partial charge in [-0.3, -0.25) is 38.9 Å². The highest BCUT2D eigenvalue weighted by molar-refractivity contribution is 6.25. The zero-order valence-corrected chi connectivity index (χ0v) is 34.9. The number of piperidine rings is 1. The molecule has 1 saturated carbocycles. The first kappa shape index (κ1) is 44.3. The van der Waals surface area contributed by atoms with Gasteiger partial charge in [-0.2, -0.15) is 18.3 Å². The number of nitrogens with one attached hydrogen (secondary N) is 3. The van der Waals surface area contributed by atoms with Crippen LogP contribution in [0.15, 0.2) is 54.7 Å². The van der Waals surface area contributed by atoms with Gasteiger partial charge in [-0.25, -0.2) is 4.98 Å². The van der Waals surface area contributed by atoms with Gasteiger partial charge in [0, 0.05) is 67.8 Å². The molecule has 0 bridgehead atoms. The Labute approximate surface area is 356 Å². The van der Waals surface area contributed by atoms with E-state index in [9.17, 15) is 42.3 Å². The van der Waals surface area contributed by atoms with Crippen molar-refractivity contribution in [2.45, 2.75) is 89.1 Å². The van der Waals surface area contributed by atoms with Crippen molar-refractivity contribution in [1.29, 1.82) is 0 Å². The summed E-state index contributed by atoms with van der Waals surface area (Å²) in [5.41, 5.74) is -0.716. The van der Waals surface area contributed by atoms with E-state index in [1.165, 1.54) is 6.07 Å².